The molecule has 0 spiro atoms. The molecule has 3 amide bonds. The Kier molecular flexibility index (Phi) is 10.7. The first-order chi connectivity index (χ1) is 27.5. The number of rotatable bonds is 11. The molecule has 14 heteroatoms. The number of hydrogen-bond acceptors (Lipinski definition) is 9. The molecular weight excluding hydrogens is 725 g/mol. The highest BCUT2D eigenvalue weighted by atomic mass is 16.5. The zero-order valence-corrected chi connectivity index (χ0v) is 33.7. The molecule has 0 bridgehead atoms. The number of likely N-dealkylation sites (tertiary alicyclic amines) is 2. The van der Waals surface area contributed by atoms with E-state index in [0.29, 0.717) is 13.2 Å². The number of ether oxygens (including phenoxy) is 3. The summed E-state index contributed by atoms with van der Waals surface area (Å²) >= 11 is 0. The van der Waals surface area contributed by atoms with Crippen LogP contribution in [0.3, 0.4) is 0 Å². The van der Waals surface area contributed by atoms with Crippen LogP contribution in [-0.2, 0) is 33.7 Å². The summed E-state index contributed by atoms with van der Waals surface area (Å²) in [5.74, 6) is 2.59. The molecule has 57 heavy (non-hydrogen) atoms. The second-order valence-corrected chi connectivity index (χ2v) is 16.5. The van der Waals surface area contributed by atoms with Crippen LogP contribution in [0.2, 0.25) is 0 Å². The molecule has 2 saturated heterocycles. The molecule has 0 saturated carbocycles. The van der Waals surface area contributed by atoms with Gasteiger partial charge in [0.2, 0.25) is 5.91 Å². The molecule has 1 aliphatic carbocycles. The van der Waals surface area contributed by atoms with Gasteiger partial charge >= 0.3 is 12.2 Å². The van der Waals surface area contributed by atoms with E-state index in [2.05, 4.69) is 63.6 Å². The molecule has 3 aliphatic heterocycles. The number of aromatic nitrogens is 4. The molecule has 4 aromatic rings. The second-order valence-electron chi connectivity index (χ2n) is 16.5. The third-order valence-corrected chi connectivity index (χ3v) is 12.2. The molecule has 2 fully saturated rings. The van der Waals surface area contributed by atoms with Crippen LogP contribution in [0.4, 0.5) is 9.59 Å². The SMILES string of the molecule is COC(=O)N[C@H](C(=O)N1CCC[C@H]1c1ncc(-c2cc3c4c(c2)OCc2cc(-c5cnc([C@@H]6CCCN6C[C@@H](NC(=O)OC)C(C)C)[nH]5)cc(c2-4)CC3)[nH]1)C(C)C. The predicted molar refractivity (Wildman–Crippen MR) is 214 cm³/mol. The Morgan fingerprint density at radius 2 is 1.39 bits per heavy atom. The summed E-state index contributed by atoms with van der Waals surface area (Å²) in [7, 11) is 2.70. The highest BCUT2D eigenvalue weighted by Gasteiger charge is 2.38. The van der Waals surface area contributed by atoms with Gasteiger partial charge in [0.1, 0.15) is 30.0 Å². The quantitative estimate of drug-likeness (QED) is 0.130. The minimum atomic E-state index is -0.686. The predicted octanol–water partition coefficient (Wildman–Crippen LogP) is 6.69. The van der Waals surface area contributed by atoms with E-state index < -0.39 is 18.2 Å². The van der Waals surface area contributed by atoms with Gasteiger partial charge in [0, 0.05) is 35.8 Å². The summed E-state index contributed by atoms with van der Waals surface area (Å²) in [6.07, 6.45) is 8.30. The average molecular weight is 779 g/mol. The van der Waals surface area contributed by atoms with E-state index in [1.165, 1.54) is 42.0 Å². The highest BCUT2D eigenvalue weighted by Crippen LogP contribution is 2.48. The van der Waals surface area contributed by atoms with Crippen LogP contribution in [0, 0.1) is 11.8 Å². The van der Waals surface area contributed by atoms with Crippen molar-refractivity contribution in [2.45, 2.75) is 97.0 Å². The molecule has 302 valence electrons. The lowest BCUT2D eigenvalue weighted by molar-refractivity contribution is -0.135. The maximum absolute atomic E-state index is 13.7. The van der Waals surface area contributed by atoms with Crippen LogP contribution in [0.1, 0.15) is 93.8 Å². The lowest BCUT2D eigenvalue weighted by Crippen LogP contribution is -2.51. The Morgan fingerprint density at radius 3 is 2.05 bits per heavy atom. The molecule has 14 nitrogen and oxygen atoms in total. The van der Waals surface area contributed by atoms with E-state index in [1.807, 2.05) is 31.1 Å². The van der Waals surface area contributed by atoms with Crippen molar-refractivity contribution in [1.29, 1.82) is 0 Å². The lowest BCUT2D eigenvalue weighted by atomic mass is 9.79. The zero-order chi connectivity index (χ0) is 40.0. The molecule has 0 radical (unpaired) electrons. The number of aromatic amines is 2. The molecule has 8 rings (SSSR count). The fraction of sp³-hybridized carbons (Fsp3) is 0.512. The number of H-pyrrole nitrogens is 2. The van der Waals surface area contributed by atoms with E-state index >= 15 is 0 Å². The van der Waals surface area contributed by atoms with Crippen LogP contribution in [0.25, 0.3) is 33.6 Å². The molecule has 2 aromatic heterocycles. The number of benzene rings is 2. The van der Waals surface area contributed by atoms with Crippen molar-refractivity contribution in [3.05, 3.63) is 65.0 Å². The summed E-state index contributed by atoms with van der Waals surface area (Å²) in [4.78, 5) is 58.9. The minimum absolute atomic E-state index is 0.0240. The van der Waals surface area contributed by atoms with Gasteiger partial charge in [-0.3, -0.25) is 9.69 Å². The Morgan fingerprint density at radius 1 is 0.789 bits per heavy atom. The van der Waals surface area contributed by atoms with E-state index in [9.17, 15) is 14.4 Å². The fourth-order valence-electron chi connectivity index (χ4n) is 9.14. The molecule has 5 heterocycles. The Labute approximate surface area is 333 Å². The van der Waals surface area contributed by atoms with Crippen molar-refractivity contribution in [1.82, 2.24) is 40.4 Å². The van der Waals surface area contributed by atoms with Gasteiger partial charge < -0.3 is 39.7 Å². The smallest absolute Gasteiger partial charge is 0.407 e. The number of carbonyl (C=O) groups is 3. The number of imidazole rings is 2. The van der Waals surface area contributed by atoms with Crippen LogP contribution in [0.5, 0.6) is 5.75 Å². The number of hydrogen-bond donors (Lipinski definition) is 4. The largest absolute Gasteiger partial charge is 0.488 e. The first-order valence-electron chi connectivity index (χ1n) is 20.3. The van der Waals surface area contributed by atoms with E-state index in [4.69, 9.17) is 24.2 Å². The number of carbonyl (C=O) groups excluding carboxylic acids is 3. The van der Waals surface area contributed by atoms with Gasteiger partial charge in [0.25, 0.3) is 0 Å². The standard InChI is InChI=1S/C43H54N8O6/c1-23(2)32(48-42(53)55-5)21-50-13-7-9-33(50)39-44-19-30(46-39)27-15-25-11-12-26-16-28(18-35-37(26)36(25)29(17-27)22-57-35)31-20-45-40(47-31)34-10-8-14-51(34)41(52)38(24(3)4)49-43(54)56-6/h15-20,23-24,32-34,38H,7-14,21-22H2,1-6H3,(H,44,46)(H,45,47)(H,48,53)(H,49,54)/t32-,33+,34+,38+/m1/s1. The summed E-state index contributed by atoms with van der Waals surface area (Å²) in [6.45, 7) is 10.8. The lowest BCUT2D eigenvalue weighted by Gasteiger charge is -2.30. The van der Waals surface area contributed by atoms with Crippen LogP contribution in [-0.4, -0.2) is 93.8 Å². The van der Waals surface area contributed by atoms with E-state index in [-0.39, 0.29) is 35.9 Å². The first-order valence-corrected chi connectivity index (χ1v) is 20.3. The monoisotopic (exact) mass is 778 g/mol. The topological polar surface area (TPSA) is 167 Å². The van der Waals surface area contributed by atoms with Gasteiger partial charge in [0.05, 0.1) is 50.1 Å². The number of amides is 3. The maximum atomic E-state index is 13.7. The normalized spacial score (nSPS) is 19.6. The maximum Gasteiger partial charge on any atom is 0.407 e. The third-order valence-electron chi connectivity index (χ3n) is 12.2. The summed E-state index contributed by atoms with van der Waals surface area (Å²) in [6, 6.07) is 8.14. The van der Waals surface area contributed by atoms with Crippen molar-refractivity contribution >= 4 is 18.1 Å². The van der Waals surface area contributed by atoms with Crippen molar-refractivity contribution in [2.75, 3.05) is 33.9 Å². The van der Waals surface area contributed by atoms with Crippen molar-refractivity contribution in [2.24, 2.45) is 11.8 Å². The zero-order valence-electron chi connectivity index (χ0n) is 33.7. The molecule has 4 N–H and O–H groups in total. The van der Waals surface area contributed by atoms with E-state index in [0.717, 1.165) is 91.5 Å². The van der Waals surface area contributed by atoms with Crippen LogP contribution in [0.15, 0.2) is 36.7 Å². The summed E-state index contributed by atoms with van der Waals surface area (Å²) in [5.41, 5.74) is 10.2. The third kappa shape index (κ3) is 7.47. The average Bonchev–Trinajstić information content (AvgIpc) is 4.05. The number of methoxy groups -OCH3 is 2. The van der Waals surface area contributed by atoms with Gasteiger partial charge in [-0.25, -0.2) is 19.6 Å². The number of nitrogens with zero attached hydrogens (tertiary/aromatic N) is 4. The van der Waals surface area contributed by atoms with Gasteiger partial charge in [-0.15, -0.1) is 0 Å². The summed E-state index contributed by atoms with van der Waals surface area (Å²) in [5, 5.41) is 5.74. The van der Waals surface area contributed by atoms with Gasteiger partial charge in [-0.2, -0.15) is 0 Å². The van der Waals surface area contributed by atoms with Gasteiger partial charge in [-0.05, 0) is 103 Å². The van der Waals surface area contributed by atoms with Crippen LogP contribution < -0.4 is 15.4 Å². The Hall–Kier alpha value is -5.37. The Bertz CT molecular complexity index is 2110. The van der Waals surface area contributed by atoms with Gasteiger partial charge in [0.15, 0.2) is 0 Å². The van der Waals surface area contributed by atoms with Crippen molar-refractivity contribution in [3.8, 4) is 39.4 Å². The van der Waals surface area contributed by atoms with Crippen LogP contribution >= 0.6 is 0 Å². The van der Waals surface area contributed by atoms with Gasteiger partial charge in [-0.1, -0.05) is 27.7 Å². The fourth-order valence-corrected chi connectivity index (χ4v) is 9.14. The molecule has 0 unspecified atom stereocenters. The first kappa shape index (κ1) is 38.5. The minimum Gasteiger partial charge on any atom is -0.488 e. The van der Waals surface area contributed by atoms with Crippen molar-refractivity contribution in [3.63, 3.8) is 0 Å². The molecule has 4 aliphatic rings. The number of aryl methyl sites for hydroxylation is 2. The Balaban J connectivity index is 1.01. The number of alkyl carbamates (subject to hydrolysis) is 2. The van der Waals surface area contributed by atoms with Crippen molar-refractivity contribution < 1.29 is 28.6 Å². The van der Waals surface area contributed by atoms with E-state index in [1.54, 1.807) is 0 Å². The molecule has 4 atom stereocenters. The highest BCUT2D eigenvalue weighted by molar-refractivity contribution is 5.88. The molecular formula is C43H54N8O6. The molecule has 2 aromatic carbocycles. The summed E-state index contributed by atoms with van der Waals surface area (Å²) < 4.78 is 16.2. The number of nitrogens with one attached hydrogen (secondary N) is 4. The second kappa shape index (κ2) is 15.9.